The van der Waals surface area contributed by atoms with Gasteiger partial charge in [0.15, 0.2) is 0 Å². The molecular weight excluding hydrogens is 326 g/mol. The number of methoxy groups -OCH3 is 1. The van der Waals surface area contributed by atoms with Crippen LogP contribution in [0.1, 0.15) is 63.1 Å². The summed E-state index contributed by atoms with van der Waals surface area (Å²) in [7, 11) is 1.71. The van der Waals surface area contributed by atoms with Gasteiger partial charge in [0.2, 0.25) is 0 Å². The lowest BCUT2D eigenvalue weighted by atomic mass is 9.81. The summed E-state index contributed by atoms with van der Waals surface area (Å²) in [6, 6.07) is 4.55. The second kappa shape index (κ2) is 6.98. The molecule has 4 nitrogen and oxygen atoms in total. The molecule has 142 valence electrons. The number of carbonyl (C=O) groups is 1. The standard InChI is InChI=1S/C22H31NO3/c1-14-10-19(25-6)11-15(2)20(14)16-12-17-8-7-9-18(13-16)23(17)21(24)26-22(3,4)5/h10-12,17-18H,7-9,13H2,1-6H3. The van der Waals surface area contributed by atoms with Crippen molar-refractivity contribution < 1.29 is 14.3 Å². The van der Waals surface area contributed by atoms with Crippen molar-refractivity contribution in [2.75, 3.05) is 7.11 Å². The maximum absolute atomic E-state index is 12.7. The van der Waals surface area contributed by atoms with Gasteiger partial charge < -0.3 is 9.47 Å². The smallest absolute Gasteiger partial charge is 0.411 e. The molecule has 1 aromatic rings. The Hall–Kier alpha value is -1.97. The van der Waals surface area contributed by atoms with E-state index in [9.17, 15) is 4.79 Å². The molecule has 1 amide bonds. The van der Waals surface area contributed by atoms with E-state index >= 15 is 0 Å². The number of piperidine rings is 1. The van der Waals surface area contributed by atoms with Crippen LogP contribution in [0.3, 0.4) is 0 Å². The highest BCUT2D eigenvalue weighted by molar-refractivity contribution is 5.77. The lowest BCUT2D eigenvalue weighted by molar-refractivity contribution is 0.0000857. The summed E-state index contributed by atoms with van der Waals surface area (Å²) in [5.41, 5.74) is 4.68. The Morgan fingerprint density at radius 2 is 1.81 bits per heavy atom. The molecule has 3 rings (SSSR count). The number of amides is 1. The van der Waals surface area contributed by atoms with Crippen LogP contribution in [0.2, 0.25) is 0 Å². The first-order valence-corrected chi connectivity index (χ1v) is 9.57. The van der Waals surface area contributed by atoms with Gasteiger partial charge in [-0.2, -0.15) is 0 Å². The monoisotopic (exact) mass is 357 g/mol. The predicted molar refractivity (Wildman–Crippen MR) is 105 cm³/mol. The summed E-state index contributed by atoms with van der Waals surface area (Å²) >= 11 is 0. The highest BCUT2D eigenvalue weighted by Gasteiger charge is 2.39. The highest BCUT2D eigenvalue weighted by Crippen LogP contribution is 2.40. The molecule has 2 aliphatic heterocycles. The lowest BCUT2D eigenvalue weighted by Gasteiger charge is -2.45. The van der Waals surface area contributed by atoms with E-state index in [4.69, 9.17) is 9.47 Å². The lowest BCUT2D eigenvalue weighted by Crippen LogP contribution is -2.53. The first kappa shape index (κ1) is 18.8. The third-order valence-corrected chi connectivity index (χ3v) is 5.30. The molecule has 2 unspecified atom stereocenters. The van der Waals surface area contributed by atoms with E-state index in [2.05, 4.69) is 32.1 Å². The predicted octanol–water partition coefficient (Wildman–Crippen LogP) is 5.26. The van der Waals surface area contributed by atoms with E-state index in [-0.39, 0.29) is 18.2 Å². The maximum atomic E-state index is 12.7. The Morgan fingerprint density at radius 3 is 2.35 bits per heavy atom. The third kappa shape index (κ3) is 3.74. The van der Waals surface area contributed by atoms with Crippen LogP contribution in [0.15, 0.2) is 18.2 Å². The Morgan fingerprint density at radius 1 is 1.15 bits per heavy atom. The van der Waals surface area contributed by atoms with Gasteiger partial charge in [-0.05, 0) is 94.7 Å². The van der Waals surface area contributed by atoms with Crippen LogP contribution < -0.4 is 4.74 Å². The number of carbonyl (C=O) groups excluding carboxylic acids is 1. The van der Waals surface area contributed by atoms with Gasteiger partial charge in [-0.25, -0.2) is 4.79 Å². The van der Waals surface area contributed by atoms with Gasteiger partial charge >= 0.3 is 6.09 Å². The largest absolute Gasteiger partial charge is 0.497 e. The van der Waals surface area contributed by atoms with E-state index in [1.807, 2.05) is 25.7 Å². The van der Waals surface area contributed by atoms with Crippen molar-refractivity contribution >= 4 is 11.7 Å². The molecule has 0 radical (unpaired) electrons. The van der Waals surface area contributed by atoms with E-state index < -0.39 is 5.60 Å². The SMILES string of the molecule is COc1cc(C)c(C2=CC3CCCC(C2)N3C(=O)OC(C)(C)C)c(C)c1. The molecule has 0 spiro atoms. The van der Waals surface area contributed by atoms with Gasteiger partial charge in [0.25, 0.3) is 0 Å². The molecule has 2 heterocycles. The summed E-state index contributed by atoms with van der Waals surface area (Å²) < 4.78 is 11.1. The Labute approximate surface area is 157 Å². The number of rotatable bonds is 2. The maximum Gasteiger partial charge on any atom is 0.411 e. The average molecular weight is 357 g/mol. The molecule has 0 aliphatic carbocycles. The van der Waals surface area contributed by atoms with Crippen LogP contribution >= 0.6 is 0 Å². The Balaban J connectivity index is 1.93. The molecule has 0 aromatic heterocycles. The minimum Gasteiger partial charge on any atom is -0.497 e. The van der Waals surface area contributed by atoms with E-state index in [0.29, 0.717) is 0 Å². The van der Waals surface area contributed by atoms with Crippen LogP contribution in [0.25, 0.3) is 5.57 Å². The fraction of sp³-hybridized carbons (Fsp3) is 0.591. The number of fused-ring (bicyclic) bond motifs is 2. The van der Waals surface area contributed by atoms with Crippen LogP contribution in [-0.4, -0.2) is 35.8 Å². The Bertz CT molecular complexity index is 706. The second-order valence-electron chi connectivity index (χ2n) is 8.57. The zero-order valence-electron chi connectivity index (χ0n) is 16.9. The first-order valence-electron chi connectivity index (χ1n) is 9.57. The van der Waals surface area contributed by atoms with Gasteiger partial charge in [-0.15, -0.1) is 0 Å². The molecular formula is C22H31NO3. The quantitative estimate of drug-likeness (QED) is 0.725. The van der Waals surface area contributed by atoms with Crippen molar-refractivity contribution in [2.24, 2.45) is 0 Å². The summed E-state index contributed by atoms with van der Waals surface area (Å²) in [6.07, 6.45) is 6.23. The van der Waals surface area contributed by atoms with Gasteiger partial charge in [0.05, 0.1) is 13.2 Å². The molecule has 26 heavy (non-hydrogen) atoms. The van der Waals surface area contributed by atoms with E-state index in [0.717, 1.165) is 25.0 Å². The van der Waals surface area contributed by atoms with Gasteiger partial charge in [-0.3, -0.25) is 4.90 Å². The normalized spacial score (nSPS) is 22.7. The zero-order chi connectivity index (χ0) is 19.1. The summed E-state index contributed by atoms with van der Waals surface area (Å²) in [5.74, 6) is 0.899. The number of nitrogens with zero attached hydrogens (tertiary/aromatic N) is 1. The molecule has 1 aromatic carbocycles. The van der Waals surface area contributed by atoms with Crippen molar-refractivity contribution in [3.63, 3.8) is 0 Å². The topological polar surface area (TPSA) is 38.8 Å². The summed E-state index contributed by atoms with van der Waals surface area (Å²) in [4.78, 5) is 14.7. The second-order valence-corrected chi connectivity index (χ2v) is 8.57. The zero-order valence-corrected chi connectivity index (χ0v) is 16.9. The molecule has 1 fully saturated rings. The first-order chi connectivity index (χ1) is 12.2. The molecule has 4 heteroatoms. The number of benzene rings is 1. The van der Waals surface area contributed by atoms with Gasteiger partial charge in [-0.1, -0.05) is 6.08 Å². The number of ether oxygens (including phenoxy) is 2. The van der Waals surface area contributed by atoms with Crippen LogP contribution in [-0.2, 0) is 4.74 Å². The summed E-state index contributed by atoms with van der Waals surface area (Å²) in [5, 5.41) is 0. The Kier molecular flexibility index (Phi) is 5.05. The van der Waals surface area contributed by atoms with Crippen molar-refractivity contribution in [1.82, 2.24) is 4.90 Å². The van der Waals surface area contributed by atoms with Crippen molar-refractivity contribution in [3.8, 4) is 5.75 Å². The van der Waals surface area contributed by atoms with Crippen molar-refractivity contribution in [1.29, 1.82) is 0 Å². The van der Waals surface area contributed by atoms with Crippen LogP contribution in [0.4, 0.5) is 4.79 Å². The minimum atomic E-state index is -0.460. The summed E-state index contributed by atoms with van der Waals surface area (Å²) in [6.45, 7) is 10.1. The van der Waals surface area contributed by atoms with E-state index in [1.54, 1.807) is 7.11 Å². The van der Waals surface area contributed by atoms with Crippen LogP contribution in [0, 0.1) is 13.8 Å². The van der Waals surface area contributed by atoms with Crippen molar-refractivity contribution in [2.45, 2.75) is 78.0 Å². The van der Waals surface area contributed by atoms with Crippen LogP contribution in [0.5, 0.6) is 5.75 Å². The number of hydrogen-bond acceptors (Lipinski definition) is 3. The molecule has 0 N–H and O–H groups in total. The van der Waals surface area contributed by atoms with Gasteiger partial charge in [0, 0.05) is 6.04 Å². The number of hydrogen-bond donors (Lipinski definition) is 0. The molecule has 2 bridgehead atoms. The third-order valence-electron chi connectivity index (χ3n) is 5.30. The van der Waals surface area contributed by atoms with Gasteiger partial charge in [0.1, 0.15) is 11.4 Å². The molecule has 2 aliphatic rings. The van der Waals surface area contributed by atoms with E-state index in [1.165, 1.54) is 28.7 Å². The molecule has 0 saturated carbocycles. The molecule has 1 saturated heterocycles. The fourth-order valence-electron chi connectivity index (χ4n) is 4.36. The van der Waals surface area contributed by atoms with Crippen molar-refractivity contribution in [3.05, 3.63) is 34.9 Å². The fourth-order valence-corrected chi connectivity index (χ4v) is 4.36. The minimum absolute atomic E-state index is 0.133. The highest BCUT2D eigenvalue weighted by atomic mass is 16.6. The number of aryl methyl sites for hydroxylation is 2. The average Bonchev–Trinajstić information content (AvgIpc) is 2.51. The molecule has 2 atom stereocenters.